The zero-order valence-corrected chi connectivity index (χ0v) is 16.6. The first kappa shape index (κ1) is 19.1. The number of piperidine rings is 1. The Morgan fingerprint density at radius 2 is 2.23 bits per heavy atom. The number of nitrogens with one attached hydrogen (secondary N) is 2. The van der Waals surface area contributed by atoms with Crippen molar-refractivity contribution >= 4 is 40.5 Å². The fourth-order valence-corrected chi connectivity index (χ4v) is 4.29. The first-order valence-corrected chi connectivity index (χ1v) is 9.65. The second-order valence-corrected chi connectivity index (χ2v) is 7.99. The largest absolute Gasteiger partial charge is 0.347 e. The van der Waals surface area contributed by atoms with Crippen molar-refractivity contribution in [3.05, 3.63) is 34.5 Å². The van der Waals surface area contributed by atoms with E-state index in [-0.39, 0.29) is 17.9 Å². The van der Waals surface area contributed by atoms with E-state index in [1.54, 1.807) is 0 Å². The number of benzene rings is 1. The monoisotopic (exact) mass is 391 g/mol. The van der Waals surface area contributed by atoms with Crippen LogP contribution in [0.5, 0.6) is 0 Å². The lowest BCUT2D eigenvalue weighted by molar-refractivity contribution is 0.0904. The molecule has 0 spiro atoms. The van der Waals surface area contributed by atoms with Crippen LogP contribution in [0.3, 0.4) is 0 Å². The van der Waals surface area contributed by atoms with Gasteiger partial charge >= 0.3 is 0 Å². The van der Waals surface area contributed by atoms with Gasteiger partial charge in [0.1, 0.15) is 5.69 Å². The number of carbonyl (C=O) groups is 1. The fourth-order valence-electron chi connectivity index (χ4n) is 3.38. The van der Waals surface area contributed by atoms with Gasteiger partial charge in [-0.05, 0) is 38.1 Å². The molecule has 1 amide bonds. The number of nitriles is 1. The highest BCUT2D eigenvalue weighted by molar-refractivity contribution is 7.95. The summed E-state index contributed by atoms with van der Waals surface area (Å²) in [5, 5.41) is 14.1. The van der Waals surface area contributed by atoms with E-state index in [2.05, 4.69) is 20.4 Å². The van der Waals surface area contributed by atoms with Gasteiger partial charge in [0.2, 0.25) is 0 Å². The predicted octanol–water partition coefficient (Wildman–Crippen LogP) is 2.87. The highest BCUT2D eigenvalue weighted by Crippen LogP contribution is 2.29. The molecular formula is C18H22ClN5OS. The number of nitrogens with zero attached hydrogens (tertiary/aromatic N) is 3. The van der Waals surface area contributed by atoms with Crippen molar-refractivity contribution in [3.63, 3.8) is 0 Å². The molecule has 0 aliphatic carbocycles. The first-order chi connectivity index (χ1) is 12.5. The normalized spacial score (nSPS) is 20.9. The number of amides is 1. The van der Waals surface area contributed by atoms with Crippen molar-refractivity contribution in [3.8, 4) is 6.07 Å². The van der Waals surface area contributed by atoms with Crippen LogP contribution in [0, 0.1) is 24.2 Å². The van der Waals surface area contributed by atoms with E-state index in [0.717, 1.165) is 29.4 Å². The third-order valence-corrected chi connectivity index (χ3v) is 6.14. The van der Waals surface area contributed by atoms with E-state index in [4.69, 9.17) is 11.6 Å². The summed E-state index contributed by atoms with van der Waals surface area (Å²) in [7, 11) is 3.71. The SMILES string of the molecule is CNSN1CCC(NC(=O)c2cc3c(Cl)c(C)ccc3n2C)C(C#N)C1. The molecule has 0 bridgehead atoms. The lowest BCUT2D eigenvalue weighted by atomic mass is 9.94. The highest BCUT2D eigenvalue weighted by Gasteiger charge is 2.31. The summed E-state index contributed by atoms with van der Waals surface area (Å²) in [6, 6.07) is 7.92. The molecule has 1 aromatic heterocycles. The van der Waals surface area contributed by atoms with Crippen LogP contribution in [0.2, 0.25) is 5.02 Å². The Balaban J connectivity index is 1.80. The van der Waals surface area contributed by atoms with Gasteiger partial charge in [-0.15, -0.1) is 0 Å². The average molecular weight is 392 g/mol. The third-order valence-electron chi connectivity index (χ3n) is 4.86. The molecular weight excluding hydrogens is 370 g/mol. The molecule has 6 nitrogen and oxygen atoms in total. The van der Waals surface area contributed by atoms with E-state index in [0.29, 0.717) is 17.3 Å². The standard InChI is InChI=1S/C18H22ClN5OS/c1-11-4-5-15-13(17(11)19)8-16(23(15)3)18(25)22-14-6-7-24(26-21-2)10-12(14)9-20/h4-5,8,12,14,21H,6-7,10H2,1-3H3,(H,22,25). The van der Waals surface area contributed by atoms with Crippen molar-refractivity contribution in [1.29, 1.82) is 5.26 Å². The van der Waals surface area contributed by atoms with Gasteiger partial charge in [-0.3, -0.25) is 9.52 Å². The van der Waals surface area contributed by atoms with Gasteiger partial charge in [0.05, 0.1) is 17.0 Å². The third kappa shape index (κ3) is 3.55. The second kappa shape index (κ2) is 7.89. The van der Waals surface area contributed by atoms with Crippen LogP contribution in [0.4, 0.5) is 0 Å². The van der Waals surface area contributed by atoms with Gasteiger partial charge in [-0.25, -0.2) is 4.31 Å². The van der Waals surface area contributed by atoms with Crippen LogP contribution in [0.1, 0.15) is 22.5 Å². The topological polar surface area (TPSA) is 73.1 Å². The molecule has 26 heavy (non-hydrogen) atoms. The van der Waals surface area contributed by atoms with Crippen molar-refractivity contribution in [2.75, 3.05) is 20.1 Å². The summed E-state index contributed by atoms with van der Waals surface area (Å²) in [6.45, 7) is 3.38. The van der Waals surface area contributed by atoms with E-state index in [1.165, 1.54) is 12.1 Å². The van der Waals surface area contributed by atoms with Gasteiger partial charge in [0.15, 0.2) is 0 Å². The Labute approximate surface area is 162 Å². The predicted molar refractivity (Wildman–Crippen MR) is 106 cm³/mol. The molecule has 0 saturated carbocycles. The van der Waals surface area contributed by atoms with Gasteiger partial charge in [0, 0.05) is 49.2 Å². The minimum Gasteiger partial charge on any atom is -0.347 e. The number of halogens is 1. The Kier molecular flexibility index (Phi) is 5.78. The van der Waals surface area contributed by atoms with Crippen LogP contribution < -0.4 is 10.0 Å². The summed E-state index contributed by atoms with van der Waals surface area (Å²) in [5.41, 5.74) is 2.45. The van der Waals surface area contributed by atoms with Crippen molar-refractivity contribution in [2.45, 2.75) is 19.4 Å². The molecule has 1 aliphatic rings. The summed E-state index contributed by atoms with van der Waals surface area (Å²) in [6.07, 6.45) is 0.739. The van der Waals surface area contributed by atoms with Gasteiger partial charge in [-0.2, -0.15) is 5.26 Å². The summed E-state index contributed by atoms with van der Waals surface area (Å²) in [5.74, 6) is -0.411. The Morgan fingerprint density at radius 3 is 2.92 bits per heavy atom. The van der Waals surface area contributed by atoms with E-state index < -0.39 is 0 Å². The summed E-state index contributed by atoms with van der Waals surface area (Å²) < 4.78 is 6.98. The Hall–Kier alpha value is -1.72. The van der Waals surface area contributed by atoms with Crippen molar-refractivity contribution < 1.29 is 4.79 Å². The minimum absolute atomic E-state index is 0.156. The molecule has 2 heterocycles. The number of rotatable bonds is 4. The number of carbonyl (C=O) groups excluding carboxylic acids is 1. The average Bonchev–Trinajstić information content (AvgIpc) is 2.97. The lowest BCUT2D eigenvalue weighted by Gasteiger charge is -2.34. The molecule has 2 unspecified atom stereocenters. The quantitative estimate of drug-likeness (QED) is 0.784. The zero-order valence-electron chi connectivity index (χ0n) is 15.0. The molecule has 1 aliphatic heterocycles. The number of aryl methyl sites for hydroxylation is 2. The molecule has 2 N–H and O–H groups in total. The molecule has 2 aromatic rings. The molecule has 1 aromatic carbocycles. The zero-order chi connectivity index (χ0) is 18.8. The minimum atomic E-state index is -0.242. The fraction of sp³-hybridized carbons (Fsp3) is 0.444. The molecule has 3 rings (SSSR count). The number of hydrogen-bond donors (Lipinski definition) is 2. The van der Waals surface area contributed by atoms with Crippen LogP contribution in [-0.2, 0) is 7.05 Å². The van der Waals surface area contributed by atoms with Crippen LogP contribution in [-0.4, -0.2) is 41.0 Å². The smallest absolute Gasteiger partial charge is 0.268 e. The molecule has 1 saturated heterocycles. The van der Waals surface area contributed by atoms with E-state index >= 15 is 0 Å². The summed E-state index contributed by atoms with van der Waals surface area (Å²) in [4.78, 5) is 12.9. The van der Waals surface area contributed by atoms with Crippen LogP contribution >= 0.6 is 23.7 Å². The summed E-state index contributed by atoms with van der Waals surface area (Å²) >= 11 is 7.90. The maximum atomic E-state index is 12.9. The van der Waals surface area contributed by atoms with Crippen molar-refractivity contribution in [2.24, 2.45) is 13.0 Å². The number of hydrogen-bond acceptors (Lipinski definition) is 5. The molecule has 138 valence electrons. The van der Waals surface area contributed by atoms with Crippen molar-refractivity contribution in [1.82, 2.24) is 18.9 Å². The van der Waals surface area contributed by atoms with Crippen LogP contribution in [0.25, 0.3) is 10.9 Å². The Morgan fingerprint density at radius 1 is 1.46 bits per heavy atom. The molecule has 8 heteroatoms. The first-order valence-electron chi connectivity index (χ1n) is 8.50. The maximum Gasteiger partial charge on any atom is 0.268 e. The highest BCUT2D eigenvalue weighted by atomic mass is 35.5. The van der Waals surface area contributed by atoms with E-state index in [1.807, 2.05) is 43.8 Å². The van der Waals surface area contributed by atoms with Crippen LogP contribution in [0.15, 0.2) is 18.2 Å². The van der Waals surface area contributed by atoms with Gasteiger partial charge < -0.3 is 9.88 Å². The lowest BCUT2D eigenvalue weighted by Crippen LogP contribution is -2.49. The molecule has 0 radical (unpaired) electrons. The Bertz CT molecular complexity index is 875. The van der Waals surface area contributed by atoms with Gasteiger partial charge in [-0.1, -0.05) is 17.7 Å². The van der Waals surface area contributed by atoms with E-state index in [9.17, 15) is 10.1 Å². The number of aromatic nitrogens is 1. The molecule has 1 fully saturated rings. The number of fused-ring (bicyclic) bond motifs is 1. The molecule has 2 atom stereocenters. The van der Waals surface area contributed by atoms with Gasteiger partial charge in [0.25, 0.3) is 5.91 Å². The second-order valence-electron chi connectivity index (χ2n) is 6.51. The maximum absolute atomic E-state index is 12.9.